The summed E-state index contributed by atoms with van der Waals surface area (Å²) in [5, 5.41) is 13.8. The van der Waals surface area contributed by atoms with E-state index in [4.69, 9.17) is 10.00 Å². The predicted molar refractivity (Wildman–Crippen MR) is 134 cm³/mol. The number of rotatable bonds is 7. The lowest BCUT2D eigenvalue weighted by molar-refractivity contribution is 0.0998. The van der Waals surface area contributed by atoms with Crippen LogP contribution in [0.5, 0.6) is 5.75 Å². The highest BCUT2D eigenvalue weighted by Crippen LogP contribution is 2.36. The molecule has 34 heavy (non-hydrogen) atoms. The van der Waals surface area contributed by atoms with Crippen LogP contribution in [0.2, 0.25) is 0 Å². The minimum atomic E-state index is -0.0632. The number of aromatic nitrogens is 3. The maximum absolute atomic E-state index is 12.8. The van der Waals surface area contributed by atoms with Crippen molar-refractivity contribution in [3.63, 3.8) is 0 Å². The highest BCUT2D eigenvalue weighted by atomic mass is 16.5. The Labute approximate surface area is 200 Å². The maximum atomic E-state index is 12.8. The van der Waals surface area contributed by atoms with Gasteiger partial charge in [0.25, 0.3) is 5.56 Å². The fraction of sp³-hybridized carbons (Fsp3) is 0.500. The van der Waals surface area contributed by atoms with E-state index in [1.165, 1.54) is 5.56 Å². The van der Waals surface area contributed by atoms with Gasteiger partial charge in [0.2, 0.25) is 0 Å². The lowest BCUT2D eigenvalue weighted by Gasteiger charge is -2.49. The number of ether oxygens (including phenoxy) is 1. The summed E-state index contributed by atoms with van der Waals surface area (Å²) in [5.41, 5.74) is 3.52. The molecule has 1 aromatic carbocycles. The van der Waals surface area contributed by atoms with Gasteiger partial charge < -0.3 is 14.2 Å². The summed E-state index contributed by atoms with van der Waals surface area (Å²) in [6, 6.07) is 12.8. The highest BCUT2D eigenvalue weighted by molar-refractivity contribution is 5.88. The van der Waals surface area contributed by atoms with Crippen LogP contribution >= 0.6 is 0 Å². The fourth-order valence-corrected chi connectivity index (χ4v) is 5.26. The van der Waals surface area contributed by atoms with Gasteiger partial charge in [-0.3, -0.25) is 14.4 Å². The zero-order valence-electron chi connectivity index (χ0n) is 20.7. The molecule has 1 fully saturated rings. The van der Waals surface area contributed by atoms with Gasteiger partial charge in [-0.15, -0.1) is 0 Å². The van der Waals surface area contributed by atoms with Crippen LogP contribution in [0.15, 0.2) is 41.3 Å². The van der Waals surface area contributed by atoms with E-state index in [0.29, 0.717) is 6.04 Å². The number of benzene rings is 1. The van der Waals surface area contributed by atoms with Crippen molar-refractivity contribution in [3.05, 3.63) is 52.4 Å². The van der Waals surface area contributed by atoms with E-state index in [1.807, 2.05) is 12.1 Å². The molecule has 3 heterocycles. The molecule has 4 rings (SSSR count). The van der Waals surface area contributed by atoms with E-state index in [0.717, 1.165) is 48.4 Å². The summed E-state index contributed by atoms with van der Waals surface area (Å²) < 4.78 is 8.88. The van der Waals surface area contributed by atoms with Gasteiger partial charge in [0.15, 0.2) is 0 Å². The number of hydrogen-bond acceptors (Lipinski definition) is 6. The molecule has 0 aliphatic carbocycles. The number of piperazine rings is 1. The Morgan fingerprint density at radius 3 is 2.62 bits per heavy atom. The van der Waals surface area contributed by atoms with Crippen LogP contribution in [0.3, 0.4) is 0 Å². The largest absolute Gasteiger partial charge is 0.496 e. The molecule has 0 amide bonds. The molecule has 1 saturated heterocycles. The van der Waals surface area contributed by atoms with Crippen LogP contribution in [0.1, 0.15) is 45.2 Å². The Kier molecular flexibility index (Phi) is 6.94. The summed E-state index contributed by atoms with van der Waals surface area (Å²) >= 11 is 0. The monoisotopic (exact) mass is 462 g/mol. The normalized spacial score (nSPS) is 19.8. The van der Waals surface area contributed by atoms with Crippen molar-refractivity contribution < 1.29 is 4.74 Å². The molecule has 0 bridgehead atoms. The Morgan fingerprint density at radius 1 is 1.21 bits per heavy atom. The fourth-order valence-electron chi connectivity index (χ4n) is 5.26. The number of pyridine rings is 1. The lowest BCUT2D eigenvalue weighted by atomic mass is 9.96. The second-order valence-corrected chi connectivity index (χ2v) is 9.04. The van der Waals surface area contributed by atoms with Crippen LogP contribution in [-0.4, -0.2) is 51.5 Å². The second kappa shape index (κ2) is 9.90. The van der Waals surface area contributed by atoms with Crippen molar-refractivity contribution in [1.29, 1.82) is 5.26 Å². The topological polar surface area (TPSA) is 79.3 Å². The first-order valence-corrected chi connectivity index (χ1v) is 12.0. The van der Waals surface area contributed by atoms with Gasteiger partial charge in [-0.1, -0.05) is 32.0 Å². The molecular formula is C26H34N6O2. The number of fused-ring (bicyclic) bond motifs is 1. The molecule has 8 nitrogen and oxygen atoms in total. The number of nitriles is 1. The molecule has 0 unspecified atom stereocenters. The van der Waals surface area contributed by atoms with E-state index < -0.39 is 0 Å². The van der Waals surface area contributed by atoms with Gasteiger partial charge in [-0.25, -0.2) is 0 Å². The molecule has 0 radical (unpaired) electrons. The van der Waals surface area contributed by atoms with E-state index in [2.05, 4.69) is 53.9 Å². The first-order chi connectivity index (χ1) is 16.4. The average Bonchev–Trinajstić information content (AvgIpc) is 3.29. The first-order valence-electron chi connectivity index (χ1n) is 12.0. The molecule has 0 saturated carbocycles. The van der Waals surface area contributed by atoms with E-state index in [-0.39, 0.29) is 24.2 Å². The van der Waals surface area contributed by atoms with E-state index in [9.17, 15) is 4.79 Å². The number of nitrogens with zero attached hydrogens (tertiary/aromatic N) is 6. The minimum absolute atomic E-state index is 0.0632. The summed E-state index contributed by atoms with van der Waals surface area (Å²) in [7, 11) is 3.48. The molecule has 1 aliphatic heterocycles. The zero-order chi connectivity index (χ0) is 24.4. The average molecular weight is 463 g/mol. The quantitative estimate of drug-likeness (QED) is 0.533. The van der Waals surface area contributed by atoms with Gasteiger partial charge in [0.05, 0.1) is 30.6 Å². The molecule has 3 aromatic rings. The number of anilines is 1. The standard InChI is InChI=1S/C26H34N6O2/c1-6-19-16-32(22-14-25(33)29(4)23-17-30(13-12-27)28-26(22)23)20(7-2)15-31(19)18(3)21-10-8-9-11-24(21)34-5/h8-11,14,17-20H,6-7,13,15-16H2,1-5H3/t18-,19-,20+/m1/s1. The predicted octanol–water partition coefficient (Wildman–Crippen LogP) is 3.71. The van der Waals surface area contributed by atoms with Crippen molar-refractivity contribution in [2.24, 2.45) is 7.05 Å². The van der Waals surface area contributed by atoms with Crippen LogP contribution in [-0.2, 0) is 13.6 Å². The summed E-state index contributed by atoms with van der Waals surface area (Å²) in [4.78, 5) is 17.8. The third-order valence-electron chi connectivity index (χ3n) is 7.25. The van der Waals surface area contributed by atoms with Crippen molar-refractivity contribution in [2.45, 2.75) is 58.3 Å². The number of hydrogen-bond donors (Lipinski definition) is 0. The van der Waals surface area contributed by atoms with E-state index >= 15 is 0 Å². The van der Waals surface area contributed by atoms with Gasteiger partial charge in [-0.05, 0) is 25.8 Å². The smallest absolute Gasteiger partial charge is 0.252 e. The summed E-state index contributed by atoms with van der Waals surface area (Å²) in [5.74, 6) is 0.914. The van der Waals surface area contributed by atoms with Crippen molar-refractivity contribution in [1.82, 2.24) is 19.2 Å². The summed E-state index contributed by atoms with van der Waals surface area (Å²) in [6.07, 6.45) is 3.73. The van der Waals surface area contributed by atoms with Crippen LogP contribution in [0.4, 0.5) is 5.69 Å². The Morgan fingerprint density at radius 2 is 1.94 bits per heavy atom. The molecule has 1 aliphatic rings. The Hall–Kier alpha value is -3.31. The third-order valence-corrected chi connectivity index (χ3v) is 7.25. The van der Waals surface area contributed by atoms with Crippen molar-refractivity contribution in [2.75, 3.05) is 25.1 Å². The second-order valence-electron chi connectivity index (χ2n) is 9.04. The number of aryl methyl sites for hydroxylation is 1. The Bertz CT molecular complexity index is 1260. The van der Waals surface area contributed by atoms with Crippen molar-refractivity contribution >= 4 is 16.7 Å². The first kappa shape index (κ1) is 23.8. The summed E-state index contributed by atoms with van der Waals surface area (Å²) in [6.45, 7) is 8.51. The lowest BCUT2D eigenvalue weighted by Crippen LogP contribution is -2.58. The van der Waals surface area contributed by atoms with Gasteiger partial charge >= 0.3 is 0 Å². The maximum Gasteiger partial charge on any atom is 0.252 e. The molecule has 180 valence electrons. The van der Waals surface area contributed by atoms with Gasteiger partial charge in [0.1, 0.15) is 17.8 Å². The van der Waals surface area contributed by atoms with Gasteiger partial charge in [-0.2, -0.15) is 10.4 Å². The molecule has 0 spiro atoms. The molecule has 3 atom stereocenters. The number of para-hydroxylation sites is 1. The molecular weight excluding hydrogens is 428 g/mol. The van der Waals surface area contributed by atoms with Crippen molar-refractivity contribution in [3.8, 4) is 11.8 Å². The van der Waals surface area contributed by atoms with Crippen LogP contribution in [0, 0.1) is 11.3 Å². The third kappa shape index (κ3) is 4.16. The number of methoxy groups -OCH3 is 1. The highest BCUT2D eigenvalue weighted by Gasteiger charge is 2.37. The molecule has 0 N–H and O–H groups in total. The molecule has 8 heteroatoms. The van der Waals surface area contributed by atoms with E-state index in [1.54, 1.807) is 35.7 Å². The van der Waals surface area contributed by atoms with Gasteiger partial charge in [0, 0.05) is 49.9 Å². The Balaban J connectivity index is 1.73. The minimum Gasteiger partial charge on any atom is -0.496 e. The zero-order valence-corrected chi connectivity index (χ0v) is 20.7. The SMILES string of the molecule is CC[C@H]1CN([C@H](C)c2ccccc2OC)[C@H](CC)CN1c1cc(=O)n(C)c2cn(CC#N)nc12. The molecule has 2 aromatic heterocycles. The van der Waals surface area contributed by atoms with Crippen LogP contribution < -0.4 is 15.2 Å². The van der Waals surface area contributed by atoms with Crippen LogP contribution in [0.25, 0.3) is 11.0 Å².